The smallest absolute Gasteiger partial charge is 0.268 e. The fraction of sp³-hybridized carbons (Fsp3) is 0.407. The van der Waals surface area contributed by atoms with Gasteiger partial charge >= 0.3 is 0 Å². The number of hydrogen-bond donors (Lipinski definition) is 3. The van der Waals surface area contributed by atoms with E-state index in [1.54, 1.807) is 48.8 Å². The molecule has 3 rings (SSSR count). The van der Waals surface area contributed by atoms with Crippen molar-refractivity contribution < 1.29 is 32.8 Å². The van der Waals surface area contributed by atoms with Crippen molar-refractivity contribution in [2.75, 3.05) is 56.2 Å². The minimum atomic E-state index is -4.15. The van der Waals surface area contributed by atoms with Crippen LogP contribution in [0.15, 0.2) is 65.8 Å². The third kappa shape index (κ3) is 9.06. The molecule has 2 aromatic carbocycles. The Morgan fingerprint density at radius 1 is 1.08 bits per heavy atom. The number of aromatic nitrogens is 2. The van der Waals surface area contributed by atoms with Crippen LogP contribution in [0.2, 0.25) is 0 Å². The molecular formula is C27H36N4O7S. The average Bonchev–Trinajstić information content (AvgIpc) is 2.94. The number of hydrogen-bond acceptors (Lipinski definition) is 10. The van der Waals surface area contributed by atoms with E-state index in [2.05, 4.69) is 15.5 Å². The molecule has 1 aromatic heterocycles. The molecule has 1 heterocycles. The number of sulfonamides is 1. The van der Waals surface area contributed by atoms with Crippen LogP contribution < -0.4 is 19.1 Å². The summed E-state index contributed by atoms with van der Waals surface area (Å²) in [7, 11) is -2.74. The highest BCUT2D eigenvalue weighted by Crippen LogP contribution is 2.32. The van der Waals surface area contributed by atoms with Gasteiger partial charge < -0.3 is 29.7 Å². The molecule has 0 radical (unpaired) electrons. The van der Waals surface area contributed by atoms with E-state index in [-0.39, 0.29) is 30.4 Å². The Labute approximate surface area is 229 Å². The highest BCUT2D eigenvalue weighted by molar-refractivity contribution is 7.93. The molecule has 0 spiro atoms. The van der Waals surface area contributed by atoms with Gasteiger partial charge in [0.2, 0.25) is 0 Å². The zero-order valence-corrected chi connectivity index (χ0v) is 23.0. The molecule has 0 amide bonds. The molecular weight excluding hydrogens is 524 g/mol. The fourth-order valence-corrected chi connectivity index (χ4v) is 5.43. The lowest BCUT2D eigenvalue weighted by atomic mass is 10.2. The molecule has 0 bridgehead atoms. The number of unbranched alkanes of at least 4 members (excludes halogenated alkanes) is 1. The van der Waals surface area contributed by atoms with Crippen molar-refractivity contribution in [3.63, 3.8) is 0 Å². The van der Waals surface area contributed by atoms with E-state index in [0.29, 0.717) is 44.0 Å². The Hall–Kier alpha value is -3.45. The first-order valence-electron chi connectivity index (χ1n) is 12.6. The zero-order valence-electron chi connectivity index (χ0n) is 22.2. The number of benzene rings is 2. The van der Waals surface area contributed by atoms with Gasteiger partial charge in [0.05, 0.1) is 50.1 Å². The quantitative estimate of drug-likeness (QED) is 0.211. The number of nitrogens with zero attached hydrogens (tertiary/aromatic N) is 3. The lowest BCUT2D eigenvalue weighted by molar-refractivity contribution is 0.0390. The van der Waals surface area contributed by atoms with Gasteiger partial charge in [0.25, 0.3) is 10.0 Å². The maximum atomic E-state index is 13.9. The molecule has 0 aliphatic heterocycles. The van der Waals surface area contributed by atoms with Gasteiger partial charge in [0.1, 0.15) is 23.0 Å². The second kappa shape index (κ2) is 15.2. The van der Waals surface area contributed by atoms with Crippen molar-refractivity contribution in [3.05, 3.63) is 66.5 Å². The van der Waals surface area contributed by atoms with Crippen LogP contribution in [-0.2, 0) is 14.8 Å². The van der Waals surface area contributed by atoms with Gasteiger partial charge in [-0.15, -0.1) is 0 Å². The number of aliphatic hydroxyl groups excluding tert-OH is 2. The Bertz CT molecular complexity index is 1260. The maximum absolute atomic E-state index is 13.9. The van der Waals surface area contributed by atoms with Crippen molar-refractivity contribution in [1.82, 2.24) is 10.2 Å². The van der Waals surface area contributed by atoms with Crippen LogP contribution in [0.4, 0.5) is 11.4 Å². The number of rotatable bonds is 17. The Kier molecular flexibility index (Phi) is 11.7. The number of methoxy groups -OCH3 is 1. The number of para-hydroxylation sites is 1. The van der Waals surface area contributed by atoms with E-state index in [1.165, 1.54) is 13.2 Å². The van der Waals surface area contributed by atoms with Crippen LogP contribution in [0.3, 0.4) is 0 Å². The Morgan fingerprint density at radius 2 is 1.90 bits per heavy atom. The highest BCUT2D eigenvalue weighted by Gasteiger charge is 2.30. The summed E-state index contributed by atoms with van der Waals surface area (Å²) in [5.74, 6) is 0.674. The first-order chi connectivity index (χ1) is 18.8. The second-order valence-electron chi connectivity index (χ2n) is 8.76. The average molecular weight is 561 g/mol. The number of ether oxygens (including phenoxy) is 3. The molecule has 1 unspecified atom stereocenters. The minimum Gasteiger partial charge on any atom is -0.495 e. The van der Waals surface area contributed by atoms with E-state index >= 15 is 0 Å². The van der Waals surface area contributed by atoms with Gasteiger partial charge in [-0.05, 0) is 55.7 Å². The molecule has 12 heteroatoms. The lowest BCUT2D eigenvalue weighted by Crippen LogP contribution is -2.39. The van der Waals surface area contributed by atoms with Crippen molar-refractivity contribution in [3.8, 4) is 11.5 Å². The van der Waals surface area contributed by atoms with Gasteiger partial charge in [-0.25, -0.2) is 8.42 Å². The summed E-state index contributed by atoms with van der Waals surface area (Å²) < 4.78 is 45.7. The van der Waals surface area contributed by atoms with E-state index in [0.717, 1.165) is 15.6 Å². The molecule has 1 atom stereocenters. The summed E-state index contributed by atoms with van der Waals surface area (Å²) in [6.45, 7) is 2.74. The number of nitrogens with one attached hydrogen (secondary N) is 1. The van der Waals surface area contributed by atoms with Gasteiger partial charge in [0, 0.05) is 25.8 Å². The normalized spacial score (nSPS) is 12.1. The molecule has 39 heavy (non-hydrogen) atoms. The highest BCUT2D eigenvalue weighted by atomic mass is 32.2. The summed E-state index contributed by atoms with van der Waals surface area (Å²) in [6, 6.07) is 13.3. The SMILES string of the molecule is COc1ccccc1S(=O)(=O)N(CC(O)COCCCCO)c1cc(C)cc(OCCNc2ccnnc2)c1. The molecule has 0 saturated heterocycles. The fourth-order valence-electron chi connectivity index (χ4n) is 3.79. The molecule has 3 N–H and O–H groups in total. The van der Waals surface area contributed by atoms with E-state index in [4.69, 9.17) is 19.3 Å². The summed E-state index contributed by atoms with van der Waals surface area (Å²) in [4.78, 5) is -0.0253. The minimum absolute atomic E-state index is 0.0253. The van der Waals surface area contributed by atoms with Gasteiger partial charge in [-0.3, -0.25) is 4.31 Å². The van der Waals surface area contributed by atoms with Crippen LogP contribution in [0.5, 0.6) is 11.5 Å². The van der Waals surface area contributed by atoms with Gasteiger partial charge in [0.15, 0.2) is 0 Å². The first-order valence-corrected chi connectivity index (χ1v) is 14.1. The summed E-state index contributed by atoms with van der Waals surface area (Å²) in [5, 5.41) is 30.4. The molecule has 3 aromatic rings. The number of aliphatic hydroxyl groups is 2. The monoisotopic (exact) mass is 560 g/mol. The van der Waals surface area contributed by atoms with E-state index < -0.39 is 16.1 Å². The molecule has 212 valence electrons. The molecule has 0 aliphatic rings. The maximum Gasteiger partial charge on any atom is 0.268 e. The second-order valence-corrected chi connectivity index (χ2v) is 10.6. The van der Waals surface area contributed by atoms with Gasteiger partial charge in [-0.2, -0.15) is 10.2 Å². The van der Waals surface area contributed by atoms with Crippen molar-refractivity contribution >= 4 is 21.4 Å². The Morgan fingerprint density at radius 3 is 2.64 bits per heavy atom. The summed E-state index contributed by atoms with van der Waals surface area (Å²) >= 11 is 0. The van der Waals surface area contributed by atoms with Crippen molar-refractivity contribution in [2.45, 2.75) is 30.8 Å². The molecule has 0 saturated carbocycles. The van der Waals surface area contributed by atoms with Crippen molar-refractivity contribution in [1.29, 1.82) is 0 Å². The molecule has 0 aliphatic carbocycles. The van der Waals surface area contributed by atoms with Crippen molar-refractivity contribution in [2.24, 2.45) is 0 Å². The van der Waals surface area contributed by atoms with E-state index in [1.807, 2.05) is 13.0 Å². The number of anilines is 2. The largest absolute Gasteiger partial charge is 0.495 e. The third-order valence-electron chi connectivity index (χ3n) is 5.63. The summed E-state index contributed by atoms with van der Waals surface area (Å²) in [5.41, 5.74) is 1.92. The predicted molar refractivity (Wildman–Crippen MR) is 148 cm³/mol. The van der Waals surface area contributed by atoms with Crippen LogP contribution in [0.25, 0.3) is 0 Å². The van der Waals surface area contributed by atoms with Crippen LogP contribution in [0.1, 0.15) is 18.4 Å². The number of aryl methyl sites for hydroxylation is 1. The van der Waals surface area contributed by atoms with Crippen LogP contribution >= 0.6 is 0 Å². The van der Waals surface area contributed by atoms with E-state index in [9.17, 15) is 13.5 Å². The van der Waals surface area contributed by atoms with Crippen LogP contribution in [0, 0.1) is 6.92 Å². The van der Waals surface area contributed by atoms with Gasteiger partial charge in [-0.1, -0.05) is 12.1 Å². The zero-order chi connectivity index (χ0) is 28.1. The molecule has 11 nitrogen and oxygen atoms in total. The third-order valence-corrected chi connectivity index (χ3v) is 7.46. The summed E-state index contributed by atoms with van der Waals surface area (Å²) in [6.07, 6.45) is 3.31. The Balaban J connectivity index is 1.82. The van der Waals surface area contributed by atoms with Crippen LogP contribution in [-0.4, -0.2) is 81.6 Å². The topological polar surface area (TPSA) is 143 Å². The lowest BCUT2D eigenvalue weighted by Gasteiger charge is -2.28. The predicted octanol–water partition coefficient (Wildman–Crippen LogP) is 2.63. The standard InChI is InChI=1S/C27H36N4O7S/c1-21-15-23(17-25(16-21)38-14-11-28-22-9-10-29-30-18-22)31(19-24(33)20-37-13-6-5-12-32)39(34,35)27-8-4-3-7-26(27)36-2/h3-4,7-10,15-18,24,32-33H,5-6,11-14,19-20H2,1-2H3,(H,28,29). The first kappa shape index (κ1) is 30.1. The molecule has 0 fully saturated rings.